The Hall–Kier alpha value is -2.98. The maximum atomic E-state index is 13.1. The van der Waals surface area contributed by atoms with E-state index in [1.54, 1.807) is 18.9 Å². The lowest BCUT2D eigenvalue weighted by Gasteiger charge is -2.12. The smallest absolute Gasteiger partial charge is 0.256 e. The van der Waals surface area contributed by atoms with Gasteiger partial charge in [-0.05, 0) is 47.7 Å². The summed E-state index contributed by atoms with van der Waals surface area (Å²) in [5.41, 5.74) is 3.22. The molecule has 4 heteroatoms. The van der Waals surface area contributed by atoms with Crippen LogP contribution in [-0.2, 0) is 4.79 Å². The van der Waals surface area contributed by atoms with Crippen LogP contribution in [0.1, 0.15) is 11.1 Å². The van der Waals surface area contributed by atoms with Crippen LogP contribution in [-0.4, -0.2) is 19.3 Å². The van der Waals surface area contributed by atoms with Crippen LogP contribution in [0.4, 0.5) is 5.69 Å². The summed E-state index contributed by atoms with van der Waals surface area (Å²) in [6.45, 7) is 0. The highest BCUT2D eigenvalue weighted by Crippen LogP contribution is 2.27. The number of benzene rings is 3. The Morgan fingerprint density at radius 3 is 2.26 bits per heavy atom. The molecule has 3 aromatic rings. The molecule has 0 aromatic heterocycles. The van der Waals surface area contributed by atoms with Gasteiger partial charge in [0.05, 0.1) is 12.8 Å². The van der Waals surface area contributed by atoms with Crippen molar-refractivity contribution in [1.29, 1.82) is 0 Å². The minimum atomic E-state index is -0.140. The normalized spacial score (nSPS) is 11.1. The number of nitrogens with one attached hydrogen (secondary N) is 1. The first-order valence-corrected chi connectivity index (χ1v) is 9.79. The van der Waals surface area contributed by atoms with Crippen molar-refractivity contribution in [3.63, 3.8) is 0 Å². The van der Waals surface area contributed by atoms with Crippen molar-refractivity contribution in [1.82, 2.24) is 0 Å². The van der Waals surface area contributed by atoms with Crippen LogP contribution < -0.4 is 10.1 Å². The van der Waals surface area contributed by atoms with Gasteiger partial charge in [0, 0.05) is 10.5 Å². The second-order valence-electron chi connectivity index (χ2n) is 5.85. The molecule has 0 aliphatic carbocycles. The van der Waals surface area contributed by atoms with Crippen molar-refractivity contribution in [2.45, 2.75) is 4.90 Å². The highest BCUT2D eigenvalue weighted by atomic mass is 32.2. The van der Waals surface area contributed by atoms with E-state index in [0.717, 1.165) is 27.5 Å². The molecule has 0 heterocycles. The monoisotopic (exact) mass is 375 g/mol. The van der Waals surface area contributed by atoms with E-state index in [0.29, 0.717) is 5.57 Å². The fourth-order valence-corrected chi connectivity index (χ4v) is 3.26. The van der Waals surface area contributed by atoms with Crippen molar-refractivity contribution in [2.75, 3.05) is 18.7 Å². The predicted molar refractivity (Wildman–Crippen MR) is 114 cm³/mol. The molecule has 0 spiro atoms. The molecule has 0 saturated carbocycles. The van der Waals surface area contributed by atoms with Crippen LogP contribution in [0.2, 0.25) is 0 Å². The van der Waals surface area contributed by atoms with Gasteiger partial charge in [-0.2, -0.15) is 0 Å². The molecule has 0 fully saturated rings. The molecule has 1 N–H and O–H groups in total. The van der Waals surface area contributed by atoms with E-state index >= 15 is 0 Å². The van der Waals surface area contributed by atoms with E-state index in [4.69, 9.17) is 4.74 Å². The highest BCUT2D eigenvalue weighted by Gasteiger charge is 2.14. The van der Waals surface area contributed by atoms with Crippen molar-refractivity contribution in [3.8, 4) is 5.75 Å². The van der Waals surface area contributed by atoms with Gasteiger partial charge in [0.2, 0.25) is 0 Å². The fraction of sp³-hybridized carbons (Fsp3) is 0.0870. The first-order chi connectivity index (χ1) is 13.2. The van der Waals surface area contributed by atoms with E-state index in [2.05, 4.69) is 5.32 Å². The summed E-state index contributed by atoms with van der Waals surface area (Å²) in [6, 6.07) is 25.1. The summed E-state index contributed by atoms with van der Waals surface area (Å²) in [7, 11) is 1.64. The van der Waals surface area contributed by atoms with Crippen LogP contribution >= 0.6 is 11.8 Å². The molecule has 136 valence electrons. The molecule has 27 heavy (non-hydrogen) atoms. The van der Waals surface area contributed by atoms with Crippen LogP contribution in [0.5, 0.6) is 5.75 Å². The fourth-order valence-electron chi connectivity index (χ4n) is 2.70. The average Bonchev–Trinajstić information content (AvgIpc) is 2.73. The molecule has 0 saturated heterocycles. The van der Waals surface area contributed by atoms with E-state index in [-0.39, 0.29) is 5.91 Å². The van der Waals surface area contributed by atoms with Gasteiger partial charge < -0.3 is 10.1 Å². The lowest BCUT2D eigenvalue weighted by molar-refractivity contribution is -0.111. The van der Waals surface area contributed by atoms with Gasteiger partial charge in [0.1, 0.15) is 5.75 Å². The number of amides is 1. The molecule has 0 aliphatic rings. The topological polar surface area (TPSA) is 38.3 Å². The summed E-state index contributed by atoms with van der Waals surface area (Å²) >= 11 is 1.60. The Labute approximate surface area is 164 Å². The third-order valence-electron chi connectivity index (χ3n) is 4.11. The minimum absolute atomic E-state index is 0.140. The zero-order valence-corrected chi connectivity index (χ0v) is 16.1. The van der Waals surface area contributed by atoms with Gasteiger partial charge in [0.25, 0.3) is 5.91 Å². The molecule has 3 nitrogen and oxygen atoms in total. The second-order valence-corrected chi connectivity index (χ2v) is 6.70. The number of rotatable bonds is 6. The summed E-state index contributed by atoms with van der Waals surface area (Å²) < 4.78 is 5.21. The number of hydrogen-bond acceptors (Lipinski definition) is 3. The van der Waals surface area contributed by atoms with Crippen molar-refractivity contribution in [3.05, 3.63) is 90.0 Å². The van der Waals surface area contributed by atoms with Crippen LogP contribution in [0, 0.1) is 0 Å². The summed E-state index contributed by atoms with van der Waals surface area (Å²) in [4.78, 5) is 14.1. The van der Waals surface area contributed by atoms with E-state index in [1.807, 2.05) is 91.2 Å². The highest BCUT2D eigenvalue weighted by molar-refractivity contribution is 7.98. The molecule has 0 unspecified atom stereocenters. The average molecular weight is 375 g/mol. The molecule has 3 rings (SSSR count). The number of methoxy groups -OCH3 is 1. The standard InChI is InChI=1S/C23H21NO2S/c1-26-19-14-12-17(13-15-19)16-20(18-8-4-3-5-9-18)23(25)24-21-10-6-7-11-22(21)27-2/h3-16H,1-2H3,(H,24,25)/b20-16+. The van der Waals surface area contributed by atoms with E-state index in [9.17, 15) is 4.79 Å². The van der Waals surface area contributed by atoms with Gasteiger partial charge in [-0.25, -0.2) is 0 Å². The van der Waals surface area contributed by atoms with Gasteiger partial charge in [-0.1, -0.05) is 54.6 Å². The predicted octanol–water partition coefficient (Wildman–Crippen LogP) is 5.60. The van der Waals surface area contributed by atoms with Gasteiger partial charge in [0.15, 0.2) is 0 Å². The maximum absolute atomic E-state index is 13.1. The largest absolute Gasteiger partial charge is 0.497 e. The molecular formula is C23H21NO2S. The molecule has 1 amide bonds. The number of carbonyl (C=O) groups excluding carboxylic acids is 1. The van der Waals surface area contributed by atoms with Gasteiger partial charge in [-0.3, -0.25) is 4.79 Å². The molecular weight excluding hydrogens is 354 g/mol. The molecule has 3 aromatic carbocycles. The number of para-hydroxylation sites is 1. The van der Waals surface area contributed by atoms with Crippen LogP contribution in [0.15, 0.2) is 83.8 Å². The van der Waals surface area contributed by atoms with Crippen LogP contribution in [0.25, 0.3) is 11.6 Å². The number of carbonyl (C=O) groups is 1. The van der Waals surface area contributed by atoms with Gasteiger partial charge in [-0.15, -0.1) is 11.8 Å². The Balaban J connectivity index is 1.96. The molecule has 0 radical (unpaired) electrons. The lowest BCUT2D eigenvalue weighted by atomic mass is 10.0. The number of anilines is 1. The third kappa shape index (κ3) is 4.80. The Bertz CT molecular complexity index is 934. The Morgan fingerprint density at radius 2 is 1.59 bits per heavy atom. The summed E-state index contributed by atoms with van der Waals surface area (Å²) in [6.07, 6.45) is 3.89. The molecule has 0 bridgehead atoms. The van der Waals surface area contributed by atoms with Crippen LogP contribution in [0.3, 0.4) is 0 Å². The Kier molecular flexibility index (Phi) is 6.34. The van der Waals surface area contributed by atoms with Crippen molar-refractivity contribution >= 4 is 35.0 Å². The van der Waals surface area contributed by atoms with Crippen molar-refractivity contribution in [2.24, 2.45) is 0 Å². The molecule has 0 aliphatic heterocycles. The SMILES string of the molecule is COc1ccc(/C=C(/C(=O)Nc2ccccc2SC)c2ccccc2)cc1. The number of ether oxygens (including phenoxy) is 1. The molecule has 0 atom stereocenters. The Morgan fingerprint density at radius 1 is 0.926 bits per heavy atom. The maximum Gasteiger partial charge on any atom is 0.256 e. The summed E-state index contributed by atoms with van der Waals surface area (Å²) in [5.74, 6) is 0.644. The first kappa shape index (κ1) is 18.8. The zero-order chi connectivity index (χ0) is 19.1. The quantitative estimate of drug-likeness (QED) is 0.346. The first-order valence-electron chi connectivity index (χ1n) is 8.57. The third-order valence-corrected chi connectivity index (χ3v) is 4.91. The zero-order valence-electron chi connectivity index (χ0n) is 15.3. The van der Waals surface area contributed by atoms with E-state index in [1.165, 1.54) is 0 Å². The second kappa shape index (κ2) is 9.10. The van der Waals surface area contributed by atoms with E-state index < -0.39 is 0 Å². The number of hydrogen-bond donors (Lipinski definition) is 1. The summed E-state index contributed by atoms with van der Waals surface area (Å²) in [5, 5.41) is 3.05. The van der Waals surface area contributed by atoms with Crippen molar-refractivity contribution < 1.29 is 9.53 Å². The minimum Gasteiger partial charge on any atom is -0.497 e. The lowest BCUT2D eigenvalue weighted by Crippen LogP contribution is -2.14. The van der Waals surface area contributed by atoms with Gasteiger partial charge >= 0.3 is 0 Å². The number of thioether (sulfide) groups is 1.